The Bertz CT molecular complexity index is 868. The van der Waals surface area contributed by atoms with Gasteiger partial charge in [-0.3, -0.25) is 14.9 Å². The van der Waals surface area contributed by atoms with Crippen LogP contribution in [0.3, 0.4) is 0 Å². The topological polar surface area (TPSA) is 120 Å². The molecule has 0 bridgehead atoms. The number of hydrogen-bond donors (Lipinski definition) is 2. The van der Waals surface area contributed by atoms with Crippen molar-refractivity contribution in [3.63, 3.8) is 0 Å². The fourth-order valence-corrected chi connectivity index (χ4v) is 2.30. The Morgan fingerprint density at radius 1 is 1.15 bits per heavy atom. The molecule has 0 spiro atoms. The summed E-state index contributed by atoms with van der Waals surface area (Å²) in [7, 11) is 3.03. The number of carbonyl (C=O) groups is 2. The quantitative estimate of drug-likeness (QED) is 0.435. The van der Waals surface area contributed by atoms with Crippen LogP contribution in [-0.4, -0.2) is 37.1 Å². The first-order valence-corrected chi connectivity index (χ1v) is 7.98. The fourth-order valence-electron chi connectivity index (χ4n) is 2.30. The molecular weight excluding hydrogens is 354 g/mol. The maximum atomic E-state index is 12.4. The second kappa shape index (κ2) is 8.65. The van der Waals surface area contributed by atoms with Crippen LogP contribution >= 0.6 is 0 Å². The predicted octanol–water partition coefficient (Wildman–Crippen LogP) is 2.83. The SMILES string of the molecule is CNc1ccccc1C(=O)O[C@H](C)C(=O)Nc1cc([N+](=O)[O-])ccc1OC. The van der Waals surface area contributed by atoms with Crippen molar-refractivity contribution < 1.29 is 24.0 Å². The number of carbonyl (C=O) groups excluding carboxylic acids is 2. The van der Waals surface area contributed by atoms with Crippen molar-refractivity contribution >= 4 is 28.9 Å². The highest BCUT2D eigenvalue weighted by Crippen LogP contribution is 2.29. The molecule has 2 aromatic carbocycles. The molecule has 0 saturated carbocycles. The smallest absolute Gasteiger partial charge is 0.341 e. The highest BCUT2D eigenvalue weighted by Gasteiger charge is 2.22. The van der Waals surface area contributed by atoms with Gasteiger partial charge in [0.1, 0.15) is 5.75 Å². The van der Waals surface area contributed by atoms with Crippen LogP contribution in [0.25, 0.3) is 0 Å². The maximum absolute atomic E-state index is 12.4. The minimum atomic E-state index is -1.13. The van der Waals surface area contributed by atoms with Crippen LogP contribution in [0.4, 0.5) is 17.1 Å². The summed E-state index contributed by atoms with van der Waals surface area (Å²) in [6.45, 7) is 1.40. The van der Waals surface area contributed by atoms with Gasteiger partial charge in [0.05, 0.1) is 23.3 Å². The van der Waals surface area contributed by atoms with E-state index in [1.807, 2.05) is 0 Å². The molecule has 9 nitrogen and oxygen atoms in total. The standard InChI is InChI=1S/C18H19N3O6/c1-11(27-18(23)13-6-4-5-7-14(13)19-2)17(22)20-15-10-12(21(24)25)8-9-16(15)26-3/h4-11,19H,1-3H3,(H,20,22)/t11-/m1/s1. The molecule has 0 radical (unpaired) electrons. The number of esters is 1. The lowest BCUT2D eigenvalue weighted by Gasteiger charge is -2.16. The number of rotatable bonds is 7. The van der Waals surface area contributed by atoms with Crippen LogP contribution in [0.5, 0.6) is 5.75 Å². The summed E-state index contributed by atoms with van der Waals surface area (Å²) in [4.78, 5) is 35.0. The van der Waals surface area contributed by atoms with Crippen molar-refractivity contribution in [2.24, 2.45) is 0 Å². The van der Waals surface area contributed by atoms with Crippen molar-refractivity contribution in [3.8, 4) is 5.75 Å². The van der Waals surface area contributed by atoms with Crippen molar-refractivity contribution in [1.82, 2.24) is 0 Å². The van der Waals surface area contributed by atoms with Gasteiger partial charge in [0, 0.05) is 24.9 Å². The number of benzene rings is 2. The Hall–Kier alpha value is -3.62. The number of methoxy groups -OCH3 is 1. The molecule has 2 N–H and O–H groups in total. The van der Waals surface area contributed by atoms with E-state index in [0.717, 1.165) is 0 Å². The van der Waals surface area contributed by atoms with Crippen molar-refractivity contribution in [2.45, 2.75) is 13.0 Å². The van der Waals surface area contributed by atoms with Gasteiger partial charge in [-0.2, -0.15) is 0 Å². The molecule has 0 heterocycles. The number of nitrogens with one attached hydrogen (secondary N) is 2. The lowest BCUT2D eigenvalue weighted by molar-refractivity contribution is -0.384. The number of ether oxygens (including phenoxy) is 2. The normalized spacial score (nSPS) is 11.2. The molecule has 142 valence electrons. The van der Waals surface area contributed by atoms with Gasteiger partial charge in [-0.25, -0.2) is 4.79 Å². The monoisotopic (exact) mass is 373 g/mol. The summed E-state index contributed by atoms with van der Waals surface area (Å²) in [5.41, 5.74) is 0.747. The molecule has 1 atom stereocenters. The average molecular weight is 373 g/mol. The number of nitro groups is 1. The van der Waals surface area contributed by atoms with E-state index in [1.165, 1.54) is 32.2 Å². The summed E-state index contributed by atoms with van der Waals surface area (Å²) in [5.74, 6) is -1.08. The van der Waals surface area contributed by atoms with E-state index in [2.05, 4.69) is 10.6 Å². The van der Waals surface area contributed by atoms with Gasteiger partial charge >= 0.3 is 5.97 Å². The molecule has 1 amide bonds. The van der Waals surface area contributed by atoms with Crippen molar-refractivity contribution in [1.29, 1.82) is 0 Å². The summed E-state index contributed by atoms with van der Waals surface area (Å²) in [6.07, 6.45) is -1.13. The largest absolute Gasteiger partial charge is 0.495 e. The minimum Gasteiger partial charge on any atom is -0.495 e. The number of non-ortho nitro benzene ring substituents is 1. The zero-order valence-corrected chi connectivity index (χ0v) is 15.0. The van der Waals surface area contributed by atoms with Gasteiger partial charge in [0.25, 0.3) is 11.6 Å². The zero-order chi connectivity index (χ0) is 20.0. The van der Waals surface area contributed by atoms with E-state index < -0.39 is 22.9 Å². The molecule has 0 unspecified atom stereocenters. The second-order valence-electron chi connectivity index (χ2n) is 5.47. The molecule has 2 aromatic rings. The molecule has 0 aliphatic heterocycles. The number of amides is 1. The third-order valence-electron chi connectivity index (χ3n) is 3.72. The van der Waals surface area contributed by atoms with Crippen LogP contribution in [0.15, 0.2) is 42.5 Å². The summed E-state index contributed by atoms with van der Waals surface area (Å²) < 4.78 is 10.3. The Morgan fingerprint density at radius 3 is 2.48 bits per heavy atom. The molecule has 0 aliphatic rings. The lowest BCUT2D eigenvalue weighted by atomic mass is 10.2. The molecule has 0 aromatic heterocycles. The van der Waals surface area contributed by atoms with E-state index >= 15 is 0 Å². The van der Waals surface area contributed by atoms with E-state index in [-0.39, 0.29) is 22.7 Å². The minimum absolute atomic E-state index is 0.107. The maximum Gasteiger partial charge on any atom is 0.341 e. The second-order valence-corrected chi connectivity index (χ2v) is 5.47. The van der Waals surface area contributed by atoms with Gasteiger partial charge in [0.15, 0.2) is 6.10 Å². The third kappa shape index (κ3) is 4.72. The zero-order valence-electron chi connectivity index (χ0n) is 15.0. The van der Waals surface area contributed by atoms with E-state index in [1.54, 1.807) is 31.3 Å². The number of nitro benzene ring substituents is 1. The van der Waals surface area contributed by atoms with E-state index in [0.29, 0.717) is 5.69 Å². The van der Waals surface area contributed by atoms with E-state index in [9.17, 15) is 19.7 Å². The molecule has 0 saturated heterocycles. The number of hydrogen-bond acceptors (Lipinski definition) is 7. The van der Waals surface area contributed by atoms with Crippen LogP contribution in [-0.2, 0) is 9.53 Å². The van der Waals surface area contributed by atoms with Crippen LogP contribution in [0, 0.1) is 10.1 Å². The fraction of sp³-hybridized carbons (Fsp3) is 0.222. The highest BCUT2D eigenvalue weighted by molar-refractivity contribution is 6.00. The van der Waals surface area contributed by atoms with Crippen LogP contribution in [0.1, 0.15) is 17.3 Å². The summed E-state index contributed by atoms with van der Waals surface area (Å²) in [6, 6.07) is 10.5. The first-order valence-electron chi connectivity index (χ1n) is 7.98. The summed E-state index contributed by atoms with van der Waals surface area (Å²) in [5, 5.41) is 16.3. The Morgan fingerprint density at radius 2 is 1.85 bits per heavy atom. The first-order chi connectivity index (χ1) is 12.9. The average Bonchev–Trinajstić information content (AvgIpc) is 2.67. The van der Waals surface area contributed by atoms with Crippen LogP contribution < -0.4 is 15.4 Å². The van der Waals surface area contributed by atoms with Gasteiger partial charge < -0.3 is 20.1 Å². The van der Waals surface area contributed by atoms with Gasteiger partial charge in [-0.15, -0.1) is 0 Å². The number of anilines is 2. The third-order valence-corrected chi connectivity index (χ3v) is 3.72. The van der Waals surface area contributed by atoms with Gasteiger partial charge in [-0.05, 0) is 25.1 Å². The molecule has 0 aliphatic carbocycles. The molecular formula is C18H19N3O6. The Balaban J connectivity index is 2.13. The molecule has 9 heteroatoms. The molecule has 2 rings (SSSR count). The Kier molecular flexibility index (Phi) is 6.32. The first kappa shape index (κ1) is 19.7. The van der Waals surface area contributed by atoms with Crippen molar-refractivity contribution in [3.05, 3.63) is 58.1 Å². The van der Waals surface area contributed by atoms with Crippen LogP contribution in [0.2, 0.25) is 0 Å². The number of nitrogens with zero attached hydrogens (tertiary/aromatic N) is 1. The summed E-state index contributed by atoms with van der Waals surface area (Å²) >= 11 is 0. The Labute approximate surface area is 155 Å². The van der Waals surface area contributed by atoms with E-state index in [4.69, 9.17) is 9.47 Å². The molecule has 0 fully saturated rings. The van der Waals surface area contributed by atoms with Crippen molar-refractivity contribution in [2.75, 3.05) is 24.8 Å². The number of para-hydroxylation sites is 1. The predicted molar refractivity (Wildman–Crippen MR) is 99.1 cm³/mol. The molecule has 27 heavy (non-hydrogen) atoms. The van der Waals surface area contributed by atoms with Gasteiger partial charge in [-0.1, -0.05) is 12.1 Å². The van der Waals surface area contributed by atoms with Gasteiger partial charge in [0.2, 0.25) is 0 Å². The highest BCUT2D eigenvalue weighted by atomic mass is 16.6. The lowest BCUT2D eigenvalue weighted by Crippen LogP contribution is -2.30.